The normalized spacial score (nSPS) is 10.4. The first-order valence-corrected chi connectivity index (χ1v) is 7.94. The Morgan fingerprint density at radius 3 is 2.38 bits per heavy atom. The third-order valence-electron chi connectivity index (χ3n) is 3.86. The molecule has 0 atom stereocenters. The number of aromatic nitrogens is 1. The van der Waals surface area contributed by atoms with Crippen LogP contribution in [-0.2, 0) is 0 Å². The summed E-state index contributed by atoms with van der Waals surface area (Å²) in [5, 5.41) is 2.88. The van der Waals surface area contributed by atoms with Crippen molar-refractivity contribution >= 4 is 5.91 Å². The number of H-pyrrole nitrogens is 1. The van der Waals surface area contributed by atoms with Gasteiger partial charge in [-0.25, -0.2) is 0 Å². The second kappa shape index (κ2) is 7.04. The van der Waals surface area contributed by atoms with Crippen LogP contribution in [0.1, 0.15) is 17.3 Å². The molecule has 3 aromatic rings. The molecule has 0 fully saturated rings. The van der Waals surface area contributed by atoms with E-state index >= 15 is 0 Å². The van der Waals surface area contributed by atoms with Gasteiger partial charge in [0.05, 0.1) is 18.4 Å². The van der Waals surface area contributed by atoms with Gasteiger partial charge in [0.25, 0.3) is 5.91 Å². The summed E-state index contributed by atoms with van der Waals surface area (Å²) in [5.41, 5.74) is 4.36. The summed E-state index contributed by atoms with van der Waals surface area (Å²) >= 11 is 0. The number of carbonyl (C=O) groups is 1. The minimum atomic E-state index is -0.0765. The second-order valence-electron chi connectivity index (χ2n) is 5.43. The van der Waals surface area contributed by atoms with Crippen molar-refractivity contribution in [3.8, 4) is 28.3 Å². The minimum Gasteiger partial charge on any atom is -0.497 e. The minimum absolute atomic E-state index is 0.0765. The largest absolute Gasteiger partial charge is 0.497 e. The van der Waals surface area contributed by atoms with E-state index in [-0.39, 0.29) is 5.91 Å². The first-order chi connectivity index (χ1) is 11.7. The van der Waals surface area contributed by atoms with Gasteiger partial charge in [0.1, 0.15) is 5.75 Å². The van der Waals surface area contributed by atoms with Gasteiger partial charge < -0.3 is 15.0 Å². The Morgan fingerprint density at radius 2 is 1.75 bits per heavy atom. The molecular formula is C20H20N2O2. The lowest BCUT2D eigenvalue weighted by Gasteiger charge is -2.04. The van der Waals surface area contributed by atoms with Gasteiger partial charge in [0, 0.05) is 12.2 Å². The number of nitrogens with one attached hydrogen (secondary N) is 2. The summed E-state index contributed by atoms with van der Waals surface area (Å²) in [6.07, 6.45) is 0. The molecule has 0 saturated heterocycles. The quantitative estimate of drug-likeness (QED) is 0.743. The molecule has 122 valence electrons. The van der Waals surface area contributed by atoms with Crippen LogP contribution in [0.25, 0.3) is 22.5 Å². The molecule has 0 unspecified atom stereocenters. The Bertz CT molecular complexity index is 821. The Balaban J connectivity index is 2.06. The van der Waals surface area contributed by atoms with Crippen LogP contribution >= 0.6 is 0 Å². The number of rotatable bonds is 5. The van der Waals surface area contributed by atoms with Gasteiger partial charge in [-0.1, -0.05) is 30.3 Å². The lowest BCUT2D eigenvalue weighted by Crippen LogP contribution is -2.22. The Morgan fingerprint density at radius 1 is 1.04 bits per heavy atom. The van der Waals surface area contributed by atoms with Gasteiger partial charge in [-0.2, -0.15) is 0 Å². The van der Waals surface area contributed by atoms with E-state index in [1.807, 2.05) is 67.6 Å². The van der Waals surface area contributed by atoms with Crippen LogP contribution < -0.4 is 10.1 Å². The summed E-state index contributed by atoms with van der Waals surface area (Å²) in [6, 6.07) is 19.5. The lowest BCUT2D eigenvalue weighted by molar-refractivity contribution is 0.0956. The molecule has 3 rings (SSSR count). The zero-order valence-corrected chi connectivity index (χ0v) is 13.8. The topological polar surface area (TPSA) is 54.1 Å². The number of benzene rings is 2. The fourth-order valence-electron chi connectivity index (χ4n) is 2.65. The van der Waals surface area contributed by atoms with Crippen LogP contribution in [0.5, 0.6) is 5.75 Å². The third-order valence-corrected chi connectivity index (χ3v) is 3.86. The maximum Gasteiger partial charge on any atom is 0.253 e. The fourth-order valence-corrected chi connectivity index (χ4v) is 2.65. The summed E-state index contributed by atoms with van der Waals surface area (Å²) in [4.78, 5) is 15.8. The molecule has 1 amide bonds. The van der Waals surface area contributed by atoms with Crippen molar-refractivity contribution in [3.63, 3.8) is 0 Å². The Kier molecular flexibility index (Phi) is 4.66. The molecule has 1 aromatic heterocycles. The predicted molar refractivity (Wildman–Crippen MR) is 96.2 cm³/mol. The number of hydrogen-bond donors (Lipinski definition) is 2. The Hall–Kier alpha value is -3.01. The van der Waals surface area contributed by atoms with Crippen molar-refractivity contribution < 1.29 is 9.53 Å². The average molecular weight is 320 g/mol. The fraction of sp³-hybridized carbons (Fsp3) is 0.150. The number of ether oxygens (including phenoxy) is 1. The number of methoxy groups -OCH3 is 1. The van der Waals surface area contributed by atoms with Gasteiger partial charge in [-0.3, -0.25) is 4.79 Å². The highest BCUT2D eigenvalue weighted by molar-refractivity contribution is 6.01. The van der Waals surface area contributed by atoms with Crippen LogP contribution in [-0.4, -0.2) is 24.5 Å². The van der Waals surface area contributed by atoms with E-state index < -0.39 is 0 Å². The molecule has 24 heavy (non-hydrogen) atoms. The van der Waals surface area contributed by atoms with E-state index in [0.717, 1.165) is 28.3 Å². The molecule has 0 spiro atoms. The maximum atomic E-state index is 12.4. The van der Waals surface area contributed by atoms with Gasteiger partial charge >= 0.3 is 0 Å². The molecule has 0 aliphatic carbocycles. The van der Waals surface area contributed by atoms with Crippen molar-refractivity contribution in [2.24, 2.45) is 0 Å². The van der Waals surface area contributed by atoms with Crippen molar-refractivity contribution in [3.05, 3.63) is 66.2 Å². The monoisotopic (exact) mass is 320 g/mol. The molecule has 1 heterocycles. The number of carbonyl (C=O) groups excluding carboxylic acids is 1. The van der Waals surface area contributed by atoms with Gasteiger partial charge in [-0.05, 0) is 48.4 Å². The molecule has 0 bridgehead atoms. The summed E-state index contributed by atoms with van der Waals surface area (Å²) in [5.74, 6) is 0.727. The molecule has 4 nitrogen and oxygen atoms in total. The predicted octanol–water partition coefficient (Wildman–Crippen LogP) is 4.11. The summed E-state index contributed by atoms with van der Waals surface area (Å²) < 4.78 is 5.20. The van der Waals surface area contributed by atoms with E-state index in [9.17, 15) is 4.79 Å². The lowest BCUT2D eigenvalue weighted by atomic mass is 10.1. The summed E-state index contributed by atoms with van der Waals surface area (Å²) in [7, 11) is 1.64. The molecule has 2 N–H and O–H groups in total. The first kappa shape index (κ1) is 15.9. The van der Waals surface area contributed by atoms with E-state index in [1.165, 1.54) is 0 Å². The highest BCUT2D eigenvalue weighted by Crippen LogP contribution is 2.29. The number of aromatic amines is 1. The molecule has 4 heteroatoms. The van der Waals surface area contributed by atoms with Crippen molar-refractivity contribution in [1.82, 2.24) is 10.3 Å². The molecule has 0 saturated carbocycles. The van der Waals surface area contributed by atoms with Crippen molar-refractivity contribution in [2.75, 3.05) is 13.7 Å². The second-order valence-corrected chi connectivity index (χ2v) is 5.43. The van der Waals surface area contributed by atoms with E-state index in [2.05, 4.69) is 10.3 Å². The molecule has 0 radical (unpaired) electrons. The summed E-state index contributed by atoms with van der Waals surface area (Å²) in [6.45, 7) is 2.51. The molecular weight excluding hydrogens is 300 g/mol. The number of amides is 1. The maximum absolute atomic E-state index is 12.4. The van der Waals surface area contributed by atoms with Crippen molar-refractivity contribution in [1.29, 1.82) is 0 Å². The SMILES string of the molecule is CCNC(=O)c1cc(-c2ccc(OC)cc2)[nH]c1-c1ccccc1. The highest BCUT2D eigenvalue weighted by atomic mass is 16.5. The van der Waals surface area contributed by atoms with Gasteiger partial charge in [0.2, 0.25) is 0 Å². The first-order valence-electron chi connectivity index (χ1n) is 7.94. The molecule has 0 aliphatic rings. The standard InChI is InChI=1S/C20H20N2O2/c1-3-21-20(23)17-13-18(14-9-11-16(24-2)12-10-14)22-19(17)15-7-5-4-6-8-15/h4-13,22H,3H2,1-2H3,(H,21,23). The third kappa shape index (κ3) is 3.18. The van der Waals surface area contributed by atoms with Gasteiger partial charge in [0.15, 0.2) is 0 Å². The zero-order chi connectivity index (χ0) is 16.9. The van der Waals surface area contributed by atoms with E-state index in [4.69, 9.17) is 4.74 Å². The van der Waals surface area contributed by atoms with E-state index in [1.54, 1.807) is 7.11 Å². The zero-order valence-electron chi connectivity index (χ0n) is 13.8. The van der Waals surface area contributed by atoms with Crippen molar-refractivity contribution in [2.45, 2.75) is 6.92 Å². The molecule has 0 aliphatic heterocycles. The number of hydrogen-bond acceptors (Lipinski definition) is 2. The Labute approximate surface area is 141 Å². The van der Waals surface area contributed by atoms with E-state index in [0.29, 0.717) is 12.1 Å². The smallest absolute Gasteiger partial charge is 0.253 e. The van der Waals surface area contributed by atoms with Gasteiger partial charge in [-0.15, -0.1) is 0 Å². The van der Waals surface area contributed by atoms with Crippen LogP contribution in [0, 0.1) is 0 Å². The van der Waals surface area contributed by atoms with Crippen LogP contribution in [0.2, 0.25) is 0 Å². The van der Waals surface area contributed by atoms with Crippen LogP contribution in [0.4, 0.5) is 0 Å². The van der Waals surface area contributed by atoms with Crippen LogP contribution in [0.3, 0.4) is 0 Å². The van der Waals surface area contributed by atoms with Crippen LogP contribution in [0.15, 0.2) is 60.7 Å². The molecule has 2 aromatic carbocycles. The average Bonchev–Trinajstić information content (AvgIpc) is 3.08. The highest BCUT2D eigenvalue weighted by Gasteiger charge is 2.17.